The first-order valence-corrected chi connectivity index (χ1v) is 13.6. The number of nitrogens with one attached hydrogen (secondary N) is 2. The number of urea groups is 1. The van der Waals surface area contributed by atoms with Crippen LogP contribution in [-0.2, 0) is 6.18 Å². The Labute approximate surface area is 240 Å². The number of amides is 2. The Kier molecular flexibility index (Phi) is 9.08. The maximum atomic E-state index is 14.0. The van der Waals surface area contributed by atoms with Gasteiger partial charge in [-0.25, -0.2) is 18.4 Å². The molecule has 0 aliphatic heterocycles. The lowest BCUT2D eigenvalue weighted by Gasteiger charge is -2.40. The smallest absolute Gasteiger partial charge is 0.416 e. The number of alkyl halides is 5. The Morgan fingerprint density at radius 1 is 0.976 bits per heavy atom. The van der Waals surface area contributed by atoms with E-state index < -0.39 is 29.7 Å². The average Bonchev–Trinajstić information content (AvgIpc) is 2.91. The lowest BCUT2D eigenvalue weighted by atomic mass is 9.90. The number of carbonyl (C=O) groups is 2. The summed E-state index contributed by atoms with van der Waals surface area (Å²) in [6, 6.07) is 14.5. The van der Waals surface area contributed by atoms with Gasteiger partial charge in [0.25, 0.3) is 0 Å². The molecule has 224 valence electrons. The molecular weight excluding hydrogens is 557 g/mol. The van der Waals surface area contributed by atoms with Gasteiger partial charge in [0.15, 0.2) is 0 Å². The van der Waals surface area contributed by atoms with E-state index >= 15 is 0 Å². The second-order valence-corrected chi connectivity index (χ2v) is 10.9. The number of hydrogen-bond acceptors (Lipinski definition) is 3. The molecule has 4 rings (SSSR count). The maximum absolute atomic E-state index is 14.0. The normalized spacial score (nSPS) is 15.3. The number of benzene rings is 3. The van der Waals surface area contributed by atoms with Crippen LogP contribution in [0.4, 0.5) is 43.8 Å². The molecular formula is C31H32F5N3O3. The van der Waals surface area contributed by atoms with Crippen LogP contribution in [0.25, 0.3) is 11.1 Å². The summed E-state index contributed by atoms with van der Waals surface area (Å²) in [5.41, 5.74) is 1.11. The summed E-state index contributed by atoms with van der Waals surface area (Å²) in [6.07, 6.45) is -4.53. The second kappa shape index (κ2) is 12.4. The molecule has 6 nitrogen and oxygen atoms in total. The van der Waals surface area contributed by atoms with E-state index in [0.717, 1.165) is 24.3 Å². The quantitative estimate of drug-likeness (QED) is 0.230. The van der Waals surface area contributed by atoms with Crippen LogP contribution in [0.2, 0.25) is 0 Å². The lowest BCUT2D eigenvalue weighted by molar-refractivity contribution is -0.137. The van der Waals surface area contributed by atoms with Crippen molar-refractivity contribution in [3.8, 4) is 11.1 Å². The molecule has 1 saturated carbocycles. The molecule has 3 N–H and O–H groups in total. The number of nitrogens with zero attached hydrogens (tertiary/aromatic N) is 1. The second-order valence-electron chi connectivity index (χ2n) is 10.9. The molecule has 2 amide bonds. The fourth-order valence-electron chi connectivity index (χ4n) is 5.18. The number of halogens is 5. The zero-order chi connectivity index (χ0) is 30.7. The molecule has 0 bridgehead atoms. The van der Waals surface area contributed by atoms with Crippen LogP contribution in [0.1, 0.15) is 55.5 Å². The third kappa shape index (κ3) is 7.57. The highest BCUT2D eigenvalue weighted by atomic mass is 19.4. The number of anilines is 3. The molecule has 1 fully saturated rings. The molecule has 3 aromatic rings. The SMILES string of the molecule is CC(C)CN(c1ccc(-c2ccccc2C(=O)O)cc1NC(=O)Nc1ccc(C(F)(F)F)cc1)C1CCC(F)(F)CC1. The van der Waals surface area contributed by atoms with Crippen molar-refractivity contribution in [1.82, 2.24) is 0 Å². The molecule has 0 spiro atoms. The van der Waals surface area contributed by atoms with Gasteiger partial charge in [-0.1, -0.05) is 38.1 Å². The molecule has 11 heteroatoms. The molecule has 1 aliphatic rings. The van der Waals surface area contributed by atoms with Crippen molar-refractivity contribution < 1.29 is 36.6 Å². The number of rotatable bonds is 8. The molecule has 0 saturated heterocycles. The summed E-state index contributed by atoms with van der Waals surface area (Å²) < 4.78 is 66.9. The van der Waals surface area contributed by atoms with Crippen molar-refractivity contribution in [1.29, 1.82) is 0 Å². The van der Waals surface area contributed by atoms with E-state index in [2.05, 4.69) is 10.6 Å². The van der Waals surface area contributed by atoms with Crippen molar-refractivity contribution in [2.45, 2.75) is 57.7 Å². The molecule has 0 heterocycles. The van der Waals surface area contributed by atoms with E-state index in [9.17, 15) is 36.6 Å². The number of hydrogen-bond donors (Lipinski definition) is 3. The Bertz CT molecular complexity index is 1410. The fourth-order valence-corrected chi connectivity index (χ4v) is 5.18. The van der Waals surface area contributed by atoms with Crippen LogP contribution in [0.15, 0.2) is 66.7 Å². The van der Waals surface area contributed by atoms with Crippen molar-refractivity contribution in [3.63, 3.8) is 0 Å². The molecule has 3 aromatic carbocycles. The monoisotopic (exact) mass is 589 g/mol. The fraction of sp³-hybridized carbons (Fsp3) is 0.355. The van der Waals surface area contributed by atoms with Gasteiger partial charge in [-0.05, 0) is 72.4 Å². The van der Waals surface area contributed by atoms with Gasteiger partial charge in [-0.3, -0.25) is 0 Å². The van der Waals surface area contributed by atoms with Crippen LogP contribution < -0.4 is 15.5 Å². The third-order valence-electron chi connectivity index (χ3n) is 7.18. The van der Waals surface area contributed by atoms with Crippen molar-refractivity contribution in [2.75, 3.05) is 22.1 Å². The molecule has 0 radical (unpaired) electrons. The van der Waals surface area contributed by atoms with Gasteiger partial charge in [0.2, 0.25) is 5.92 Å². The summed E-state index contributed by atoms with van der Waals surface area (Å²) in [6.45, 7) is 4.50. The van der Waals surface area contributed by atoms with Crippen LogP contribution in [0, 0.1) is 5.92 Å². The van der Waals surface area contributed by atoms with Gasteiger partial charge in [0.1, 0.15) is 0 Å². The van der Waals surface area contributed by atoms with E-state index in [0.29, 0.717) is 29.0 Å². The Morgan fingerprint density at radius 3 is 2.21 bits per heavy atom. The predicted octanol–water partition coefficient (Wildman–Crippen LogP) is 8.75. The zero-order valence-corrected chi connectivity index (χ0v) is 23.1. The summed E-state index contributed by atoms with van der Waals surface area (Å²) in [5, 5.41) is 15.0. The van der Waals surface area contributed by atoms with Gasteiger partial charge in [-0.2, -0.15) is 13.2 Å². The van der Waals surface area contributed by atoms with Crippen LogP contribution in [0.5, 0.6) is 0 Å². The first kappa shape index (κ1) is 30.8. The van der Waals surface area contributed by atoms with E-state index in [1.54, 1.807) is 36.4 Å². The first-order valence-electron chi connectivity index (χ1n) is 13.6. The number of carbonyl (C=O) groups excluding carboxylic acids is 1. The minimum Gasteiger partial charge on any atom is -0.478 e. The van der Waals surface area contributed by atoms with E-state index in [-0.39, 0.29) is 48.9 Å². The molecule has 0 unspecified atom stereocenters. The number of carboxylic acids is 1. The van der Waals surface area contributed by atoms with Gasteiger partial charge >= 0.3 is 18.2 Å². The standard InChI is InChI=1S/C31H32F5N3O3/c1-19(2)18-39(23-13-15-30(32,33)16-14-23)27-12-7-20(24-5-3-4-6-25(24)28(40)41)17-26(27)38-29(42)37-22-10-8-21(9-11-22)31(34,35)36/h3-12,17,19,23H,13-16,18H2,1-2H3,(H,40,41)(H2,37,38,42). The first-order chi connectivity index (χ1) is 19.7. The Hall–Kier alpha value is -4.15. The minimum absolute atomic E-state index is 0.0546. The van der Waals surface area contributed by atoms with Crippen molar-refractivity contribution in [2.24, 2.45) is 5.92 Å². The van der Waals surface area contributed by atoms with E-state index in [1.807, 2.05) is 18.7 Å². The largest absolute Gasteiger partial charge is 0.478 e. The van der Waals surface area contributed by atoms with Gasteiger partial charge in [0, 0.05) is 31.1 Å². The lowest BCUT2D eigenvalue weighted by Crippen LogP contribution is -2.43. The van der Waals surface area contributed by atoms with E-state index in [1.165, 1.54) is 6.07 Å². The minimum atomic E-state index is -4.52. The summed E-state index contributed by atoms with van der Waals surface area (Å²) in [5.74, 6) is -3.71. The number of carboxylic acid groups (broad SMARTS) is 1. The topological polar surface area (TPSA) is 81.7 Å². The predicted molar refractivity (Wildman–Crippen MR) is 152 cm³/mol. The number of aromatic carboxylic acids is 1. The maximum Gasteiger partial charge on any atom is 0.416 e. The zero-order valence-electron chi connectivity index (χ0n) is 23.1. The summed E-state index contributed by atoms with van der Waals surface area (Å²) in [7, 11) is 0. The van der Waals surface area contributed by atoms with Crippen molar-refractivity contribution in [3.05, 3.63) is 77.9 Å². The highest BCUT2D eigenvalue weighted by molar-refractivity contribution is 6.03. The molecule has 42 heavy (non-hydrogen) atoms. The Balaban J connectivity index is 1.71. The van der Waals surface area contributed by atoms with Crippen molar-refractivity contribution >= 4 is 29.1 Å². The molecule has 0 aromatic heterocycles. The van der Waals surface area contributed by atoms with Crippen LogP contribution in [-0.4, -0.2) is 35.6 Å². The highest BCUT2D eigenvalue weighted by Crippen LogP contribution is 2.40. The van der Waals surface area contributed by atoms with Gasteiger partial charge in [-0.15, -0.1) is 0 Å². The average molecular weight is 590 g/mol. The summed E-state index contributed by atoms with van der Waals surface area (Å²) >= 11 is 0. The van der Waals surface area contributed by atoms with E-state index in [4.69, 9.17) is 0 Å². The Morgan fingerprint density at radius 2 is 1.62 bits per heavy atom. The molecule has 0 atom stereocenters. The highest BCUT2D eigenvalue weighted by Gasteiger charge is 2.37. The van der Waals surface area contributed by atoms with Gasteiger partial charge in [0.05, 0.1) is 22.5 Å². The molecule has 1 aliphatic carbocycles. The van der Waals surface area contributed by atoms with Crippen LogP contribution >= 0.6 is 0 Å². The third-order valence-corrected chi connectivity index (χ3v) is 7.18. The van der Waals surface area contributed by atoms with Crippen LogP contribution in [0.3, 0.4) is 0 Å². The van der Waals surface area contributed by atoms with Gasteiger partial charge < -0.3 is 20.6 Å². The summed E-state index contributed by atoms with van der Waals surface area (Å²) in [4.78, 5) is 27.0.